The van der Waals surface area contributed by atoms with E-state index < -0.39 is 6.10 Å². The molecule has 0 amide bonds. The lowest BCUT2D eigenvalue weighted by atomic mass is 10.1. The Morgan fingerprint density at radius 1 is 1.30 bits per heavy atom. The minimum Gasteiger partial charge on any atom is -0.388 e. The van der Waals surface area contributed by atoms with Gasteiger partial charge in [0.25, 0.3) is 0 Å². The van der Waals surface area contributed by atoms with Crippen LogP contribution in [0, 0.1) is 0 Å². The van der Waals surface area contributed by atoms with Crippen molar-refractivity contribution in [2.24, 2.45) is 0 Å². The molecule has 2 nitrogen and oxygen atoms in total. The zero-order valence-corrected chi connectivity index (χ0v) is 14.6. The molecule has 2 unspecified atom stereocenters. The highest BCUT2D eigenvalue weighted by Crippen LogP contribution is 2.31. The molecule has 1 N–H and O–H groups in total. The van der Waals surface area contributed by atoms with Crippen molar-refractivity contribution >= 4 is 35.0 Å². The fraction of sp³-hybridized carbons (Fsp3) is 0.600. The smallest absolute Gasteiger partial charge is 0.0817 e. The van der Waals surface area contributed by atoms with Gasteiger partial charge in [0.2, 0.25) is 0 Å². The van der Waals surface area contributed by atoms with E-state index in [0.29, 0.717) is 28.1 Å². The first-order chi connectivity index (χ1) is 9.47. The molecular formula is C15H23Cl2NOS. The van der Waals surface area contributed by atoms with Gasteiger partial charge in [-0.15, -0.1) is 0 Å². The predicted molar refractivity (Wildman–Crippen MR) is 91.1 cm³/mol. The lowest BCUT2D eigenvalue weighted by Gasteiger charge is -2.25. The average Bonchev–Trinajstić information content (AvgIpc) is 2.44. The van der Waals surface area contributed by atoms with E-state index in [4.69, 9.17) is 23.2 Å². The molecule has 0 aliphatic carbocycles. The molecule has 0 radical (unpaired) electrons. The number of halogens is 2. The van der Waals surface area contributed by atoms with Crippen molar-refractivity contribution < 1.29 is 5.11 Å². The molecule has 1 aromatic carbocycles. The van der Waals surface area contributed by atoms with Crippen molar-refractivity contribution in [2.75, 3.05) is 25.6 Å². The van der Waals surface area contributed by atoms with Crippen LogP contribution in [0.3, 0.4) is 0 Å². The maximum absolute atomic E-state index is 10.3. The first kappa shape index (κ1) is 18.1. The lowest BCUT2D eigenvalue weighted by Crippen LogP contribution is -2.31. The van der Waals surface area contributed by atoms with Gasteiger partial charge in [-0.1, -0.05) is 35.3 Å². The normalized spacial score (nSPS) is 14.6. The Labute approximate surface area is 136 Å². The number of aliphatic hydroxyl groups is 1. The van der Waals surface area contributed by atoms with E-state index in [1.165, 1.54) is 0 Å². The van der Waals surface area contributed by atoms with Gasteiger partial charge in [0.1, 0.15) is 0 Å². The van der Waals surface area contributed by atoms with Crippen LogP contribution >= 0.6 is 35.0 Å². The van der Waals surface area contributed by atoms with Gasteiger partial charge in [0.05, 0.1) is 16.1 Å². The Bertz CT molecular complexity index is 417. The van der Waals surface area contributed by atoms with Crippen LogP contribution in [0.5, 0.6) is 0 Å². The monoisotopic (exact) mass is 335 g/mol. The summed E-state index contributed by atoms with van der Waals surface area (Å²) in [5.74, 6) is 1.16. The fourth-order valence-electron chi connectivity index (χ4n) is 1.99. The van der Waals surface area contributed by atoms with E-state index in [2.05, 4.69) is 25.1 Å². The molecule has 0 aliphatic rings. The van der Waals surface area contributed by atoms with Crippen LogP contribution in [-0.2, 0) is 0 Å². The molecule has 0 bridgehead atoms. The summed E-state index contributed by atoms with van der Waals surface area (Å²) in [6.07, 6.45) is 3.36. The number of benzene rings is 1. The van der Waals surface area contributed by atoms with Gasteiger partial charge in [-0.3, -0.25) is 0 Å². The summed E-state index contributed by atoms with van der Waals surface area (Å²) >= 11 is 14.0. The van der Waals surface area contributed by atoms with Gasteiger partial charge in [-0.25, -0.2) is 0 Å². The molecule has 114 valence electrons. The van der Waals surface area contributed by atoms with Crippen LogP contribution in [0.15, 0.2) is 18.2 Å². The van der Waals surface area contributed by atoms with E-state index in [-0.39, 0.29) is 0 Å². The summed E-state index contributed by atoms with van der Waals surface area (Å²) in [5.41, 5.74) is 0.712. The summed E-state index contributed by atoms with van der Waals surface area (Å²) in [7, 11) is 2.09. The first-order valence-electron chi connectivity index (χ1n) is 6.78. The van der Waals surface area contributed by atoms with Crippen molar-refractivity contribution in [1.82, 2.24) is 4.90 Å². The zero-order valence-electron chi connectivity index (χ0n) is 12.3. The van der Waals surface area contributed by atoms with Gasteiger partial charge in [-0.05, 0) is 44.9 Å². The highest BCUT2D eigenvalue weighted by atomic mass is 35.5. The fourth-order valence-corrected chi connectivity index (χ4v) is 3.00. The van der Waals surface area contributed by atoms with Gasteiger partial charge in [0, 0.05) is 18.2 Å². The topological polar surface area (TPSA) is 23.5 Å². The van der Waals surface area contributed by atoms with E-state index >= 15 is 0 Å². The summed E-state index contributed by atoms with van der Waals surface area (Å²) < 4.78 is 0. The third kappa shape index (κ3) is 5.45. The largest absolute Gasteiger partial charge is 0.388 e. The number of thioether (sulfide) groups is 1. The SMILES string of the molecule is CSCCC(C)N(C)CCC(O)c1cccc(Cl)c1Cl. The van der Waals surface area contributed by atoms with Gasteiger partial charge in [0.15, 0.2) is 0 Å². The zero-order chi connectivity index (χ0) is 15.1. The molecule has 0 aromatic heterocycles. The third-order valence-corrected chi connectivity index (χ3v) is 5.07. The quantitative estimate of drug-likeness (QED) is 0.757. The van der Waals surface area contributed by atoms with Crippen LogP contribution in [-0.4, -0.2) is 41.6 Å². The van der Waals surface area contributed by atoms with E-state index in [1.54, 1.807) is 6.07 Å². The number of hydrogen-bond acceptors (Lipinski definition) is 3. The second-order valence-corrected chi connectivity index (χ2v) is 6.83. The lowest BCUT2D eigenvalue weighted by molar-refractivity contribution is 0.138. The van der Waals surface area contributed by atoms with Crippen molar-refractivity contribution in [3.8, 4) is 0 Å². The molecule has 0 saturated carbocycles. The maximum Gasteiger partial charge on any atom is 0.0817 e. The van der Waals surface area contributed by atoms with Gasteiger partial charge in [-0.2, -0.15) is 11.8 Å². The molecule has 1 rings (SSSR count). The number of aliphatic hydroxyl groups excluding tert-OH is 1. The second-order valence-electron chi connectivity index (χ2n) is 5.06. The molecule has 1 aromatic rings. The molecule has 2 atom stereocenters. The Kier molecular flexibility index (Phi) is 8.30. The number of nitrogens with zero attached hydrogens (tertiary/aromatic N) is 1. The highest BCUT2D eigenvalue weighted by Gasteiger charge is 2.16. The molecular weight excluding hydrogens is 313 g/mol. The van der Waals surface area contributed by atoms with E-state index in [1.807, 2.05) is 23.9 Å². The third-order valence-electron chi connectivity index (χ3n) is 3.59. The standard InChI is InChI=1S/C15H23Cl2NOS/c1-11(8-10-20-3)18(2)9-7-14(19)12-5-4-6-13(16)15(12)17/h4-6,11,14,19H,7-10H2,1-3H3. The number of rotatable bonds is 8. The number of hydrogen-bond donors (Lipinski definition) is 1. The first-order valence-corrected chi connectivity index (χ1v) is 8.93. The molecule has 5 heteroatoms. The van der Waals surface area contributed by atoms with Crippen LogP contribution in [0.25, 0.3) is 0 Å². The minimum absolute atomic E-state index is 0.458. The summed E-state index contributed by atoms with van der Waals surface area (Å²) in [4.78, 5) is 2.28. The van der Waals surface area contributed by atoms with Crippen LogP contribution in [0.4, 0.5) is 0 Å². The van der Waals surface area contributed by atoms with Crippen LogP contribution in [0.1, 0.15) is 31.4 Å². The average molecular weight is 336 g/mol. The Hall–Kier alpha value is 0.0700. The van der Waals surface area contributed by atoms with Crippen molar-refractivity contribution in [3.63, 3.8) is 0 Å². The van der Waals surface area contributed by atoms with Crippen molar-refractivity contribution in [3.05, 3.63) is 33.8 Å². The molecule has 0 aliphatic heterocycles. The summed E-state index contributed by atoms with van der Waals surface area (Å²) in [5, 5.41) is 11.2. The van der Waals surface area contributed by atoms with Crippen LogP contribution < -0.4 is 0 Å². The minimum atomic E-state index is -0.573. The van der Waals surface area contributed by atoms with E-state index in [9.17, 15) is 5.11 Å². The molecule has 0 fully saturated rings. The van der Waals surface area contributed by atoms with E-state index in [0.717, 1.165) is 18.7 Å². The molecule has 0 heterocycles. The van der Waals surface area contributed by atoms with Gasteiger partial charge >= 0.3 is 0 Å². The predicted octanol–water partition coefficient (Wildman–Crippen LogP) is 4.49. The molecule has 0 saturated heterocycles. The maximum atomic E-state index is 10.3. The van der Waals surface area contributed by atoms with Crippen molar-refractivity contribution in [2.45, 2.75) is 31.9 Å². The summed E-state index contributed by atoms with van der Waals surface area (Å²) in [6, 6.07) is 5.90. The Morgan fingerprint density at radius 3 is 2.65 bits per heavy atom. The molecule has 0 spiro atoms. The Balaban J connectivity index is 2.50. The Morgan fingerprint density at radius 2 is 2.00 bits per heavy atom. The summed E-state index contributed by atoms with van der Waals surface area (Å²) in [6.45, 7) is 3.05. The highest BCUT2D eigenvalue weighted by molar-refractivity contribution is 7.98. The second kappa shape index (κ2) is 9.16. The van der Waals surface area contributed by atoms with Gasteiger partial charge < -0.3 is 10.0 Å². The van der Waals surface area contributed by atoms with Crippen molar-refractivity contribution in [1.29, 1.82) is 0 Å². The van der Waals surface area contributed by atoms with Crippen LogP contribution in [0.2, 0.25) is 10.0 Å². The molecule has 20 heavy (non-hydrogen) atoms.